The van der Waals surface area contributed by atoms with Crippen LogP contribution in [-0.2, 0) is 6.42 Å². The number of likely N-dealkylation sites (N-methyl/N-ethyl adjacent to an activating group) is 1. The number of hydrogen-bond donors (Lipinski definition) is 1. The lowest BCUT2D eigenvalue weighted by Gasteiger charge is -2.04. The molecule has 0 spiro atoms. The van der Waals surface area contributed by atoms with E-state index in [1.165, 1.54) is 0 Å². The Labute approximate surface area is 117 Å². The van der Waals surface area contributed by atoms with Crippen molar-refractivity contribution in [1.29, 1.82) is 0 Å². The maximum atomic E-state index is 5.11. The summed E-state index contributed by atoms with van der Waals surface area (Å²) >= 11 is 0. The third kappa shape index (κ3) is 4.76. The fourth-order valence-corrected chi connectivity index (χ4v) is 1.35. The van der Waals surface area contributed by atoms with E-state index in [0.29, 0.717) is 17.8 Å². The molecule has 0 amide bonds. The van der Waals surface area contributed by atoms with Gasteiger partial charge in [0.2, 0.25) is 0 Å². The summed E-state index contributed by atoms with van der Waals surface area (Å²) in [6.07, 6.45) is 9.17. The topological polar surface area (TPSA) is 76.7 Å². The van der Waals surface area contributed by atoms with Crippen LogP contribution < -0.4 is 5.32 Å². The van der Waals surface area contributed by atoms with Gasteiger partial charge in [-0.1, -0.05) is 5.16 Å². The average molecular weight is 282 g/mol. The van der Waals surface area contributed by atoms with Crippen molar-refractivity contribution in [2.75, 3.05) is 7.05 Å². The van der Waals surface area contributed by atoms with Gasteiger partial charge in [-0.05, 0) is 20.0 Å². The second-order valence-electron chi connectivity index (χ2n) is 3.91. The van der Waals surface area contributed by atoms with Crippen molar-refractivity contribution >= 4 is 24.6 Å². The highest BCUT2D eigenvalue weighted by Crippen LogP contribution is 2.05. The summed E-state index contributed by atoms with van der Waals surface area (Å²) in [5.41, 5.74) is 0.751. The standard InChI is InChI=1S/C12H15N5O.ClH/c1-9(13-2)7-11-16-12(18-17-11)4-3-10-8-14-5-6-15-10;/h3-6,8-9,13H,7H2,1-2H3;1H/b4-3+;. The van der Waals surface area contributed by atoms with Crippen molar-refractivity contribution in [1.82, 2.24) is 25.4 Å². The van der Waals surface area contributed by atoms with Crippen LogP contribution in [0.2, 0.25) is 0 Å². The van der Waals surface area contributed by atoms with E-state index < -0.39 is 0 Å². The van der Waals surface area contributed by atoms with Crippen LogP contribution in [0.1, 0.15) is 24.3 Å². The van der Waals surface area contributed by atoms with Crippen LogP contribution in [0.5, 0.6) is 0 Å². The predicted octanol–water partition coefficient (Wildman–Crippen LogP) is 1.60. The molecule has 0 radical (unpaired) electrons. The van der Waals surface area contributed by atoms with Gasteiger partial charge in [0.25, 0.3) is 5.89 Å². The van der Waals surface area contributed by atoms with Crippen LogP contribution in [0.15, 0.2) is 23.1 Å². The summed E-state index contributed by atoms with van der Waals surface area (Å²) in [4.78, 5) is 12.3. The highest BCUT2D eigenvalue weighted by Gasteiger charge is 2.07. The molecule has 2 rings (SSSR count). The molecule has 19 heavy (non-hydrogen) atoms. The second kappa shape index (κ2) is 7.60. The third-order valence-corrected chi connectivity index (χ3v) is 2.45. The zero-order chi connectivity index (χ0) is 12.8. The molecular weight excluding hydrogens is 266 g/mol. The minimum absolute atomic E-state index is 0. The van der Waals surface area contributed by atoms with E-state index >= 15 is 0 Å². The first kappa shape index (κ1) is 15.3. The van der Waals surface area contributed by atoms with Crippen LogP contribution in [-0.4, -0.2) is 33.2 Å². The van der Waals surface area contributed by atoms with Crippen molar-refractivity contribution in [3.05, 3.63) is 36.0 Å². The minimum atomic E-state index is 0. The first-order valence-corrected chi connectivity index (χ1v) is 5.72. The van der Waals surface area contributed by atoms with Crippen LogP contribution in [0.4, 0.5) is 0 Å². The van der Waals surface area contributed by atoms with E-state index in [-0.39, 0.29) is 12.4 Å². The Morgan fingerprint density at radius 2 is 2.21 bits per heavy atom. The Hall–Kier alpha value is -1.79. The Balaban J connectivity index is 0.00000180. The van der Waals surface area contributed by atoms with Gasteiger partial charge in [-0.3, -0.25) is 9.97 Å². The first-order chi connectivity index (χ1) is 8.78. The summed E-state index contributed by atoms with van der Waals surface area (Å²) in [7, 11) is 1.90. The van der Waals surface area contributed by atoms with E-state index in [2.05, 4.69) is 32.3 Å². The minimum Gasteiger partial charge on any atom is -0.335 e. The maximum absolute atomic E-state index is 5.11. The number of halogens is 1. The summed E-state index contributed by atoms with van der Waals surface area (Å²) in [6, 6.07) is 0.319. The summed E-state index contributed by atoms with van der Waals surface area (Å²) in [5.74, 6) is 1.16. The largest absolute Gasteiger partial charge is 0.335 e. The van der Waals surface area contributed by atoms with Crippen LogP contribution in [0, 0.1) is 0 Å². The molecule has 1 N–H and O–H groups in total. The quantitative estimate of drug-likeness (QED) is 0.897. The van der Waals surface area contributed by atoms with E-state index in [1.54, 1.807) is 30.7 Å². The molecule has 2 aromatic heterocycles. The molecule has 102 valence electrons. The number of nitrogens with zero attached hydrogens (tertiary/aromatic N) is 4. The number of rotatable bonds is 5. The molecule has 1 atom stereocenters. The number of aromatic nitrogens is 4. The van der Waals surface area contributed by atoms with Crippen molar-refractivity contribution < 1.29 is 4.52 Å². The molecule has 2 heterocycles. The lowest BCUT2D eigenvalue weighted by molar-refractivity contribution is 0.400. The van der Waals surface area contributed by atoms with Crippen LogP contribution >= 0.6 is 12.4 Å². The van der Waals surface area contributed by atoms with E-state index in [0.717, 1.165) is 12.1 Å². The van der Waals surface area contributed by atoms with Crippen LogP contribution in [0.3, 0.4) is 0 Å². The summed E-state index contributed by atoms with van der Waals surface area (Å²) < 4.78 is 5.11. The summed E-state index contributed by atoms with van der Waals surface area (Å²) in [6.45, 7) is 2.06. The van der Waals surface area contributed by atoms with E-state index in [1.807, 2.05) is 7.05 Å². The lowest BCUT2D eigenvalue weighted by Crippen LogP contribution is -2.24. The molecule has 1 unspecified atom stereocenters. The van der Waals surface area contributed by atoms with Gasteiger partial charge in [-0.2, -0.15) is 4.98 Å². The summed E-state index contributed by atoms with van der Waals surface area (Å²) in [5, 5.41) is 7.03. The normalized spacial score (nSPS) is 12.3. The van der Waals surface area contributed by atoms with Gasteiger partial charge < -0.3 is 9.84 Å². The van der Waals surface area contributed by atoms with Crippen molar-refractivity contribution in [3.8, 4) is 0 Å². The number of hydrogen-bond acceptors (Lipinski definition) is 6. The molecule has 0 bridgehead atoms. The molecule has 0 saturated carbocycles. The van der Waals surface area contributed by atoms with Gasteiger partial charge in [0.05, 0.1) is 11.9 Å². The Kier molecular flexibility index (Phi) is 6.11. The Bertz CT molecular complexity index is 514. The zero-order valence-corrected chi connectivity index (χ0v) is 11.6. The molecule has 0 aliphatic carbocycles. The SMILES string of the molecule is CNC(C)Cc1noc(/C=C/c2cnccn2)n1.Cl. The zero-order valence-electron chi connectivity index (χ0n) is 10.8. The first-order valence-electron chi connectivity index (χ1n) is 5.72. The fourth-order valence-electron chi connectivity index (χ4n) is 1.35. The van der Waals surface area contributed by atoms with Crippen molar-refractivity contribution in [3.63, 3.8) is 0 Å². The molecule has 0 aliphatic heterocycles. The number of nitrogens with one attached hydrogen (secondary N) is 1. The van der Waals surface area contributed by atoms with Gasteiger partial charge in [0, 0.05) is 30.9 Å². The van der Waals surface area contributed by atoms with E-state index in [9.17, 15) is 0 Å². The molecule has 2 aromatic rings. The van der Waals surface area contributed by atoms with Gasteiger partial charge >= 0.3 is 0 Å². The lowest BCUT2D eigenvalue weighted by atomic mass is 10.2. The maximum Gasteiger partial charge on any atom is 0.250 e. The molecule has 6 nitrogen and oxygen atoms in total. The second-order valence-corrected chi connectivity index (χ2v) is 3.91. The van der Waals surface area contributed by atoms with Crippen molar-refractivity contribution in [2.45, 2.75) is 19.4 Å². The highest BCUT2D eigenvalue weighted by molar-refractivity contribution is 5.85. The molecule has 7 heteroatoms. The average Bonchev–Trinajstić information content (AvgIpc) is 2.85. The third-order valence-electron chi connectivity index (χ3n) is 2.45. The Morgan fingerprint density at radius 3 is 2.89 bits per heavy atom. The fraction of sp³-hybridized carbons (Fsp3) is 0.333. The monoisotopic (exact) mass is 281 g/mol. The molecular formula is C12H16ClN5O. The van der Waals surface area contributed by atoms with E-state index in [4.69, 9.17) is 4.52 Å². The molecule has 0 aromatic carbocycles. The predicted molar refractivity (Wildman–Crippen MR) is 74.7 cm³/mol. The van der Waals surface area contributed by atoms with Crippen molar-refractivity contribution in [2.24, 2.45) is 0 Å². The molecule has 0 saturated heterocycles. The van der Waals surface area contributed by atoms with Gasteiger partial charge in [0.1, 0.15) is 0 Å². The molecule has 0 fully saturated rings. The molecule has 0 aliphatic rings. The Morgan fingerprint density at radius 1 is 1.37 bits per heavy atom. The highest BCUT2D eigenvalue weighted by atomic mass is 35.5. The van der Waals surface area contributed by atoms with Crippen LogP contribution in [0.25, 0.3) is 12.2 Å². The van der Waals surface area contributed by atoms with Gasteiger partial charge in [-0.25, -0.2) is 0 Å². The smallest absolute Gasteiger partial charge is 0.250 e. The van der Waals surface area contributed by atoms with Gasteiger partial charge in [0.15, 0.2) is 5.82 Å². The van der Waals surface area contributed by atoms with Gasteiger partial charge in [-0.15, -0.1) is 12.4 Å².